The van der Waals surface area contributed by atoms with Gasteiger partial charge in [-0.05, 0) is 29.9 Å². The average molecular weight is 301 g/mol. The summed E-state index contributed by atoms with van der Waals surface area (Å²) in [7, 11) is 0. The van der Waals surface area contributed by atoms with Gasteiger partial charge in [0.15, 0.2) is 0 Å². The van der Waals surface area contributed by atoms with Crippen LogP contribution in [0, 0.1) is 5.41 Å². The number of hydrogen-bond acceptors (Lipinski definition) is 3. The Bertz CT molecular complexity index is 638. The largest absolute Gasteiger partial charge is 0.491 e. The van der Waals surface area contributed by atoms with Crippen molar-refractivity contribution in [1.29, 1.82) is 0 Å². The lowest BCUT2D eigenvalue weighted by Crippen LogP contribution is -2.58. The summed E-state index contributed by atoms with van der Waals surface area (Å²) in [5.41, 5.74) is 2.95. The zero-order chi connectivity index (χ0) is 15.5. The molecular weight excluding hydrogens is 278 g/mol. The molecule has 2 aliphatic heterocycles. The first kappa shape index (κ1) is 14.1. The minimum Gasteiger partial charge on any atom is -0.491 e. The molecular formula is C18H23NO3. The minimum absolute atomic E-state index is 0.111. The lowest BCUT2D eigenvalue weighted by molar-refractivity contribution is -0.0645. The number of likely N-dealkylation sites (tertiary alicyclic amines) is 1. The molecule has 1 aromatic rings. The summed E-state index contributed by atoms with van der Waals surface area (Å²) in [5, 5.41) is 9.49. The molecule has 118 valence electrons. The molecule has 0 atom stereocenters. The summed E-state index contributed by atoms with van der Waals surface area (Å²) >= 11 is 0. The number of ether oxygens (including phenoxy) is 1. The van der Waals surface area contributed by atoms with Gasteiger partial charge in [-0.3, -0.25) is 4.90 Å². The van der Waals surface area contributed by atoms with Crippen LogP contribution < -0.4 is 4.74 Å². The topological polar surface area (TPSA) is 49.8 Å². The van der Waals surface area contributed by atoms with E-state index in [2.05, 4.69) is 24.8 Å². The van der Waals surface area contributed by atoms with Gasteiger partial charge in [-0.1, -0.05) is 26.3 Å². The van der Waals surface area contributed by atoms with Crippen molar-refractivity contribution in [3.63, 3.8) is 0 Å². The molecule has 0 unspecified atom stereocenters. The van der Waals surface area contributed by atoms with Crippen LogP contribution in [0.5, 0.6) is 5.75 Å². The van der Waals surface area contributed by atoms with Crippen LogP contribution in [0.2, 0.25) is 0 Å². The van der Waals surface area contributed by atoms with Crippen molar-refractivity contribution in [2.45, 2.75) is 45.1 Å². The smallest absolute Gasteiger partial charge is 0.339 e. The van der Waals surface area contributed by atoms with E-state index in [9.17, 15) is 9.90 Å². The highest BCUT2D eigenvalue weighted by Gasteiger charge is 2.47. The summed E-state index contributed by atoms with van der Waals surface area (Å²) in [6.45, 7) is 7.98. The molecule has 0 aromatic heterocycles. The highest BCUT2D eigenvalue weighted by Crippen LogP contribution is 2.49. The highest BCUT2D eigenvalue weighted by molar-refractivity contribution is 5.92. The first-order chi connectivity index (χ1) is 10.4. The van der Waals surface area contributed by atoms with Crippen molar-refractivity contribution < 1.29 is 14.6 Å². The zero-order valence-electron chi connectivity index (χ0n) is 13.3. The van der Waals surface area contributed by atoms with Crippen LogP contribution >= 0.6 is 0 Å². The normalized spacial score (nSPS) is 24.3. The van der Waals surface area contributed by atoms with Gasteiger partial charge in [-0.15, -0.1) is 0 Å². The number of aromatic carboxylic acids is 1. The second-order valence-corrected chi connectivity index (χ2v) is 8.00. The van der Waals surface area contributed by atoms with Gasteiger partial charge < -0.3 is 9.84 Å². The number of carbonyl (C=O) groups is 1. The van der Waals surface area contributed by atoms with Gasteiger partial charge in [0.25, 0.3) is 0 Å². The molecule has 4 heteroatoms. The second kappa shape index (κ2) is 4.48. The predicted molar refractivity (Wildman–Crippen MR) is 83.5 cm³/mol. The van der Waals surface area contributed by atoms with Gasteiger partial charge in [0.1, 0.15) is 11.3 Å². The average Bonchev–Trinajstić information content (AvgIpc) is 2.66. The van der Waals surface area contributed by atoms with Crippen LogP contribution in [0.4, 0.5) is 0 Å². The number of fused-ring (bicyclic) bond motifs is 1. The third-order valence-electron chi connectivity index (χ3n) is 5.62. The molecule has 4 nitrogen and oxygen atoms in total. The van der Waals surface area contributed by atoms with Gasteiger partial charge in [-0.2, -0.15) is 0 Å². The number of rotatable bonds is 3. The maximum absolute atomic E-state index is 11.6. The third kappa shape index (κ3) is 2.04. The van der Waals surface area contributed by atoms with Gasteiger partial charge >= 0.3 is 5.97 Å². The zero-order valence-corrected chi connectivity index (χ0v) is 13.3. The molecule has 2 fully saturated rings. The summed E-state index contributed by atoms with van der Waals surface area (Å²) in [5.74, 6) is -0.324. The minimum atomic E-state index is -0.894. The van der Waals surface area contributed by atoms with Gasteiger partial charge in [0, 0.05) is 30.6 Å². The van der Waals surface area contributed by atoms with Crippen molar-refractivity contribution in [2.75, 3.05) is 19.7 Å². The van der Waals surface area contributed by atoms with Crippen LogP contribution in [-0.2, 0) is 12.0 Å². The Balaban J connectivity index is 1.60. The maximum atomic E-state index is 11.6. The highest BCUT2D eigenvalue weighted by atomic mass is 16.5. The summed E-state index contributed by atoms with van der Waals surface area (Å²) < 4.78 is 5.67. The van der Waals surface area contributed by atoms with Gasteiger partial charge in [0.2, 0.25) is 0 Å². The Morgan fingerprint density at radius 3 is 2.64 bits per heavy atom. The van der Waals surface area contributed by atoms with E-state index >= 15 is 0 Å². The Kier molecular flexibility index (Phi) is 2.86. The molecule has 1 aliphatic carbocycles. The van der Waals surface area contributed by atoms with E-state index < -0.39 is 5.97 Å². The molecule has 1 spiro atoms. The number of hydrogen-bond donors (Lipinski definition) is 1. The quantitative estimate of drug-likeness (QED) is 0.932. The van der Waals surface area contributed by atoms with Crippen LogP contribution in [0.3, 0.4) is 0 Å². The molecule has 3 aliphatic rings. The Labute approximate surface area is 131 Å². The van der Waals surface area contributed by atoms with Gasteiger partial charge in [0.05, 0.1) is 6.61 Å². The molecule has 0 radical (unpaired) electrons. The molecule has 2 heterocycles. The maximum Gasteiger partial charge on any atom is 0.339 e. The predicted octanol–water partition coefficient (Wildman–Crippen LogP) is 3.04. The number of carboxylic acid groups (broad SMARTS) is 1. The molecule has 0 amide bonds. The van der Waals surface area contributed by atoms with Crippen LogP contribution in [0.1, 0.15) is 54.6 Å². The van der Waals surface area contributed by atoms with Crippen molar-refractivity contribution in [1.82, 2.24) is 4.90 Å². The molecule has 1 saturated carbocycles. The van der Waals surface area contributed by atoms with E-state index in [1.807, 2.05) is 0 Å². The van der Waals surface area contributed by atoms with Crippen molar-refractivity contribution in [2.24, 2.45) is 5.41 Å². The fourth-order valence-corrected chi connectivity index (χ4v) is 4.19. The van der Waals surface area contributed by atoms with E-state index in [1.165, 1.54) is 32.4 Å². The molecule has 4 rings (SSSR count). The fourth-order valence-electron chi connectivity index (χ4n) is 4.19. The SMILES string of the molecule is CC1(C)COc2c(C(=O)O)cc(CN3CC4(CCC4)C3)cc21. The van der Waals surface area contributed by atoms with E-state index in [0.717, 1.165) is 17.7 Å². The molecule has 1 aromatic carbocycles. The monoisotopic (exact) mass is 301 g/mol. The lowest BCUT2D eigenvalue weighted by Gasteiger charge is -2.56. The second-order valence-electron chi connectivity index (χ2n) is 8.00. The Morgan fingerprint density at radius 2 is 2.05 bits per heavy atom. The third-order valence-corrected chi connectivity index (χ3v) is 5.62. The lowest BCUT2D eigenvalue weighted by atomic mass is 9.63. The fraction of sp³-hybridized carbons (Fsp3) is 0.611. The number of carboxylic acids is 1. The molecule has 1 saturated heterocycles. The first-order valence-electron chi connectivity index (χ1n) is 8.15. The molecule has 22 heavy (non-hydrogen) atoms. The van der Waals surface area contributed by atoms with E-state index in [4.69, 9.17) is 4.74 Å². The van der Waals surface area contributed by atoms with E-state index in [1.54, 1.807) is 6.07 Å². The number of nitrogens with zero attached hydrogens (tertiary/aromatic N) is 1. The van der Waals surface area contributed by atoms with Crippen LogP contribution in [0.25, 0.3) is 0 Å². The van der Waals surface area contributed by atoms with Crippen LogP contribution in [-0.4, -0.2) is 35.7 Å². The summed E-state index contributed by atoms with van der Waals surface area (Å²) in [4.78, 5) is 14.0. The molecule has 1 N–H and O–H groups in total. The number of benzene rings is 1. The van der Waals surface area contributed by atoms with E-state index in [-0.39, 0.29) is 5.41 Å². The van der Waals surface area contributed by atoms with Crippen molar-refractivity contribution >= 4 is 5.97 Å². The Morgan fingerprint density at radius 1 is 1.32 bits per heavy atom. The van der Waals surface area contributed by atoms with Crippen molar-refractivity contribution in [3.05, 3.63) is 28.8 Å². The molecule has 0 bridgehead atoms. The summed E-state index contributed by atoms with van der Waals surface area (Å²) in [6.07, 6.45) is 4.12. The van der Waals surface area contributed by atoms with E-state index in [0.29, 0.717) is 23.3 Å². The summed E-state index contributed by atoms with van der Waals surface area (Å²) in [6, 6.07) is 3.95. The van der Waals surface area contributed by atoms with Crippen LogP contribution in [0.15, 0.2) is 12.1 Å². The standard InChI is InChI=1S/C18H23NO3/c1-17(2)11-22-15-13(16(20)21)6-12(7-14(15)17)8-19-9-18(10-19)4-3-5-18/h6-7H,3-5,8-11H2,1-2H3,(H,20,21). The van der Waals surface area contributed by atoms with Gasteiger partial charge in [-0.25, -0.2) is 4.79 Å². The Hall–Kier alpha value is -1.55. The first-order valence-corrected chi connectivity index (χ1v) is 8.15. The van der Waals surface area contributed by atoms with Crippen molar-refractivity contribution in [3.8, 4) is 5.75 Å².